The highest BCUT2D eigenvalue weighted by Gasteiger charge is 2.54. The minimum absolute atomic E-state index is 0.0146. The zero-order chi connectivity index (χ0) is 24.4. The van der Waals surface area contributed by atoms with Crippen LogP contribution in [0.3, 0.4) is 0 Å². The van der Waals surface area contributed by atoms with Gasteiger partial charge in [0.05, 0.1) is 25.8 Å². The third-order valence-electron chi connectivity index (χ3n) is 6.70. The Labute approximate surface area is 204 Å². The SMILES string of the molecule is COc1ccc(C#Cc2ccc([C@@H]3[C@H]4CN(C(=O)c5ccncc5)CC(=O)N4[C@H]3CO)cc2)cc1. The third-order valence-corrected chi connectivity index (χ3v) is 6.70. The number of methoxy groups -OCH3 is 1. The molecule has 3 atom stereocenters. The van der Waals surface area contributed by atoms with Crippen LogP contribution in [0.4, 0.5) is 0 Å². The summed E-state index contributed by atoms with van der Waals surface area (Å²) < 4.78 is 5.17. The maximum absolute atomic E-state index is 12.9. The van der Waals surface area contributed by atoms with E-state index in [1.165, 1.54) is 0 Å². The summed E-state index contributed by atoms with van der Waals surface area (Å²) in [6, 6.07) is 18.3. The molecule has 1 N–H and O–H groups in total. The summed E-state index contributed by atoms with van der Waals surface area (Å²) in [7, 11) is 1.63. The van der Waals surface area contributed by atoms with Crippen LogP contribution in [0.15, 0.2) is 73.1 Å². The number of hydrogen-bond donors (Lipinski definition) is 1. The maximum Gasteiger partial charge on any atom is 0.254 e. The number of benzene rings is 2. The molecule has 7 nitrogen and oxygen atoms in total. The van der Waals surface area contributed by atoms with Gasteiger partial charge in [0.1, 0.15) is 12.3 Å². The van der Waals surface area contributed by atoms with Gasteiger partial charge in [-0.3, -0.25) is 14.6 Å². The number of piperazine rings is 1. The summed E-state index contributed by atoms with van der Waals surface area (Å²) in [4.78, 5) is 33.1. The van der Waals surface area contributed by atoms with E-state index in [0.717, 1.165) is 22.4 Å². The Hall–Kier alpha value is -4.15. The van der Waals surface area contributed by atoms with Crippen LogP contribution in [0, 0.1) is 11.8 Å². The minimum atomic E-state index is -0.290. The summed E-state index contributed by atoms with van der Waals surface area (Å²) in [6.07, 6.45) is 3.14. The van der Waals surface area contributed by atoms with Crippen molar-refractivity contribution in [2.45, 2.75) is 18.0 Å². The highest BCUT2D eigenvalue weighted by molar-refractivity contribution is 5.97. The van der Waals surface area contributed by atoms with Gasteiger partial charge < -0.3 is 19.6 Å². The standard InChI is InChI=1S/C28H25N3O4/c1-35-23-10-6-20(7-11-23)3-2-19-4-8-21(9-5-19)27-24-16-30(17-26(33)31(24)25(27)18-32)28(34)22-12-14-29-15-13-22/h4-15,24-25,27,32H,16-18H2,1H3/t24-,25+,27-/m1/s1. The smallest absolute Gasteiger partial charge is 0.254 e. The van der Waals surface area contributed by atoms with E-state index in [1.54, 1.807) is 41.4 Å². The highest BCUT2D eigenvalue weighted by atomic mass is 16.5. The first-order valence-electron chi connectivity index (χ1n) is 11.5. The average Bonchev–Trinajstić information content (AvgIpc) is 2.89. The van der Waals surface area contributed by atoms with Gasteiger partial charge in [0.25, 0.3) is 5.91 Å². The molecule has 0 bridgehead atoms. The number of ether oxygens (including phenoxy) is 1. The number of amides is 2. The van der Waals surface area contributed by atoms with Gasteiger partial charge >= 0.3 is 0 Å². The lowest BCUT2D eigenvalue weighted by Crippen LogP contribution is -2.73. The molecule has 0 spiro atoms. The van der Waals surface area contributed by atoms with Crippen LogP contribution in [0.1, 0.15) is 33.0 Å². The van der Waals surface area contributed by atoms with Crippen molar-refractivity contribution in [2.75, 3.05) is 26.8 Å². The number of hydrogen-bond acceptors (Lipinski definition) is 5. The van der Waals surface area contributed by atoms with Crippen molar-refractivity contribution in [3.63, 3.8) is 0 Å². The summed E-state index contributed by atoms with van der Waals surface area (Å²) >= 11 is 0. The summed E-state index contributed by atoms with van der Waals surface area (Å²) in [5, 5.41) is 10.0. The first-order chi connectivity index (χ1) is 17.1. The largest absolute Gasteiger partial charge is 0.497 e. The van der Waals surface area contributed by atoms with Gasteiger partial charge in [0.2, 0.25) is 5.91 Å². The molecule has 2 fully saturated rings. The molecule has 1 aromatic heterocycles. The molecule has 3 heterocycles. The number of rotatable bonds is 4. The van der Waals surface area contributed by atoms with Crippen LogP contribution >= 0.6 is 0 Å². The molecule has 2 aromatic carbocycles. The van der Waals surface area contributed by atoms with Gasteiger partial charge in [-0.2, -0.15) is 0 Å². The maximum atomic E-state index is 12.9. The topological polar surface area (TPSA) is 83.0 Å². The average molecular weight is 468 g/mol. The Morgan fingerprint density at radius 2 is 1.66 bits per heavy atom. The Bertz CT molecular complexity index is 1280. The van der Waals surface area contributed by atoms with Gasteiger partial charge in [-0.05, 0) is 54.1 Å². The van der Waals surface area contributed by atoms with E-state index in [2.05, 4.69) is 16.8 Å². The van der Waals surface area contributed by atoms with Crippen molar-refractivity contribution in [3.8, 4) is 17.6 Å². The molecule has 176 valence electrons. The molecule has 5 rings (SSSR count). The van der Waals surface area contributed by atoms with Gasteiger partial charge in [-0.15, -0.1) is 0 Å². The second-order valence-corrected chi connectivity index (χ2v) is 8.67. The molecule has 2 amide bonds. The van der Waals surface area contributed by atoms with Gasteiger partial charge in [-0.25, -0.2) is 0 Å². The fourth-order valence-electron chi connectivity index (χ4n) is 4.94. The second-order valence-electron chi connectivity index (χ2n) is 8.67. The third kappa shape index (κ3) is 4.36. The van der Waals surface area contributed by atoms with E-state index in [-0.39, 0.29) is 43.0 Å². The monoisotopic (exact) mass is 467 g/mol. The molecule has 0 radical (unpaired) electrons. The molecule has 0 unspecified atom stereocenters. The number of aliphatic hydroxyl groups is 1. The van der Waals surface area contributed by atoms with E-state index in [4.69, 9.17) is 4.74 Å². The van der Waals surface area contributed by atoms with E-state index >= 15 is 0 Å². The molecular formula is C28H25N3O4. The zero-order valence-electron chi connectivity index (χ0n) is 19.3. The first-order valence-corrected chi connectivity index (χ1v) is 11.5. The Kier molecular flexibility index (Phi) is 6.21. The van der Waals surface area contributed by atoms with E-state index in [1.807, 2.05) is 48.5 Å². The van der Waals surface area contributed by atoms with Crippen molar-refractivity contribution in [3.05, 3.63) is 95.3 Å². The molecular weight excluding hydrogens is 442 g/mol. The number of pyridine rings is 1. The lowest BCUT2D eigenvalue weighted by atomic mass is 9.73. The molecule has 35 heavy (non-hydrogen) atoms. The van der Waals surface area contributed by atoms with Gasteiger partial charge in [0.15, 0.2) is 0 Å². The van der Waals surface area contributed by atoms with Crippen LogP contribution in [-0.2, 0) is 4.79 Å². The summed E-state index contributed by atoms with van der Waals surface area (Å²) in [6.45, 7) is 0.318. The summed E-state index contributed by atoms with van der Waals surface area (Å²) in [5.41, 5.74) is 3.29. The predicted molar refractivity (Wildman–Crippen MR) is 130 cm³/mol. The Morgan fingerprint density at radius 1 is 1.03 bits per heavy atom. The second kappa shape index (κ2) is 9.61. The van der Waals surface area contributed by atoms with Crippen molar-refractivity contribution in [2.24, 2.45) is 0 Å². The molecule has 0 aliphatic carbocycles. The van der Waals surface area contributed by atoms with E-state index in [0.29, 0.717) is 12.1 Å². The molecule has 7 heteroatoms. The Morgan fingerprint density at radius 3 is 2.26 bits per heavy atom. The quantitative estimate of drug-likeness (QED) is 0.596. The van der Waals surface area contributed by atoms with Crippen LogP contribution in [0.2, 0.25) is 0 Å². The number of aliphatic hydroxyl groups excluding tert-OH is 1. The van der Waals surface area contributed by atoms with Crippen LogP contribution < -0.4 is 4.74 Å². The fraction of sp³-hybridized carbons (Fsp3) is 0.250. The zero-order valence-corrected chi connectivity index (χ0v) is 19.3. The number of carbonyl (C=O) groups excluding carboxylic acids is 2. The molecule has 2 aliphatic rings. The van der Waals surface area contributed by atoms with Crippen molar-refractivity contribution in [1.82, 2.24) is 14.8 Å². The van der Waals surface area contributed by atoms with Crippen LogP contribution in [-0.4, -0.2) is 70.6 Å². The van der Waals surface area contributed by atoms with Crippen molar-refractivity contribution < 1.29 is 19.4 Å². The molecule has 2 saturated heterocycles. The first kappa shape index (κ1) is 22.6. The normalized spacial score (nSPS) is 20.9. The van der Waals surface area contributed by atoms with E-state index in [9.17, 15) is 14.7 Å². The van der Waals surface area contributed by atoms with E-state index < -0.39 is 0 Å². The molecule has 2 aliphatic heterocycles. The van der Waals surface area contributed by atoms with Crippen molar-refractivity contribution >= 4 is 11.8 Å². The van der Waals surface area contributed by atoms with Gasteiger partial charge in [-0.1, -0.05) is 24.0 Å². The van der Waals surface area contributed by atoms with Gasteiger partial charge in [0, 0.05) is 41.5 Å². The van der Waals surface area contributed by atoms with Crippen LogP contribution in [0.25, 0.3) is 0 Å². The number of fused-ring (bicyclic) bond motifs is 1. The number of nitrogens with zero attached hydrogens (tertiary/aromatic N) is 3. The minimum Gasteiger partial charge on any atom is -0.497 e. The Balaban J connectivity index is 1.33. The number of carbonyl (C=O) groups is 2. The summed E-state index contributed by atoms with van der Waals surface area (Å²) in [5.74, 6) is 6.72. The highest BCUT2D eigenvalue weighted by Crippen LogP contribution is 2.43. The number of aromatic nitrogens is 1. The molecule has 0 saturated carbocycles. The van der Waals surface area contributed by atoms with Crippen molar-refractivity contribution in [1.29, 1.82) is 0 Å². The fourth-order valence-corrected chi connectivity index (χ4v) is 4.94. The lowest BCUT2D eigenvalue weighted by molar-refractivity contribution is -0.159. The van der Waals surface area contributed by atoms with Crippen LogP contribution in [0.5, 0.6) is 5.75 Å². The molecule has 3 aromatic rings. The predicted octanol–water partition coefficient (Wildman–Crippen LogP) is 2.30. The lowest BCUT2D eigenvalue weighted by Gasteiger charge is -2.58.